The van der Waals surface area contributed by atoms with Crippen molar-refractivity contribution in [1.29, 1.82) is 0 Å². The van der Waals surface area contributed by atoms with Crippen molar-refractivity contribution >= 4 is 28.2 Å². The highest BCUT2D eigenvalue weighted by Gasteiger charge is 2.46. The maximum Gasteiger partial charge on any atom is 0.248 e. The molecule has 2 atom stereocenters. The van der Waals surface area contributed by atoms with E-state index in [1.165, 1.54) is 11.1 Å². The summed E-state index contributed by atoms with van der Waals surface area (Å²) in [5.74, 6) is 0.289. The molecule has 2 aliphatic rings. The van der Waals surface area contributed by atoms with Gasteiger partial charge in [0.15, 0.2) is 0 Å². The molecule has 1 aromatic carbocycles. The van der Waals surface area contributed by atoms with Crippen LogP contribution in [-0.4, -0.2) is 11.2 Å². The summed E-state index contributed by atoms with van der Waals surface area (Å²) in [7, 11) is 0. The molecule has 0 radical (unpaired) electrons. The molecule has 3 nitrogen and oxygen atoms in total. The van der Waals surface area contributed by atoms with Crippen LogP contribution >= 0.6 is 15.9 Å². The van der Waals surface area contributed by atoms with Gasteiger partial charge in [-0.15, -0.1) is 0 Å². The van der Waals surface area contributed by atoms with E-state index in [-0.39, 0.29) is 11.5 Å². The normalized spacial score (nSPS) is 25.3. The number of allylic oxidation sites excluding steroid dienone is 3. The lowest BCUT2D eigenvalue weighted by atomic mass is 9.63. The molecule has 142 valence electrons. The molecule has 1 N–H and O–H groups in total. The predicted molar refractivity (Wildman–Crippen MR) is 120 cm³/mol. The molecule has 0 unspecified atom stereocenters. The molecule has 0 fully saturated rings. The summed E-state index contributed by atoms with van der Waals surface area (Å²) in [4.78, 5) is 20.0. The Morgan fingerprint density at radius 2 is 2.00 bits per heavy atom. The van der Waals surface area contributed by atoms with Crippen LogP contribution in [0.4, 0.5) is 0 Å². The monoisotopic (exact) mass is 434 g/mol. The number of aromatic amines is 1. The van der Waals surface area contributed by atoms with E-state index in [1.54, 1.807) is 6.07 Å². The molecule has 4 rings (SSSR count). The summed E-state index contributed by atoms with van der Waals surface area (Å²) in [5, 5.41) is 0. The lowest BCUT2D eigenvalue weighted by molar-refractivity contribution is 0.413. The second-order valence-corrected chi connectivity index (χ2v) is 8.42. The standard InChI is InChI=1S/C24H23BrN2O/c1-3-20-18-13-16(2)15-24(20,21-10-11-23(28)27-22(21)14-18)26-12-4-5-17-6-8-19(25)9-7-17/h3-13,18H,14-15H2,1-2H3,(H,27,28)/b5-4+,20-3+,26-12+/t18-,24+/m0/s1. The van der Waals surface area contributed by atoms with E-state index in [0.717, 1.165) is 34.1 Å². The average molecular weight is 435 g/mol. The smallest absolute Gasteiger partial charge is 0.248 e. The van der Waals surface area contributed by atoms with Crippen molar-refractivity contribution in [2.75, 3.05) is 0 Å². The van der Waals surface area contributed by atoms with Gasteiger partial charge in [0.1, 0.15) is 5.54 Å². The lowest BCUT2D eigenvalue weighted by Gasteiger charge is -2.45. The number of nitrogens with zero attached hydrogens (tertiary/aromatic N) is 1. The van der Waals surface area contributed by atoms with Crippen LogP contribution in [-0.2, 0) is 12.0 Å². The number of nitrogens with one attached hydrogen (secondary N) is 1. The fourth-order valence-corrected chi connectivity index (χ4v) is 4.81. The fraction of sp³-hybridized carbons (Fsp3) is 0.250. The summed E-state index contributed by atoms with van der Waals surface area (Å²) in [6.07, 6.45) is 12.2. The van der Waals surface area contributed by atoms with E-state index >= 15 is 0 Å². The maximum absolute atomic E-state index is 11.9. The highest BCUT2D eigenvalue weighted by atomic mass is 79.9. The molecule has 1 heterocycles. The number of H-pyrrole nitrogens is 1. The van der Waals surface area contributed by atoms with Crippen LogP contribution in [0.2, 0.25) is 0 Å². The summed E-state index contributed by atoms with van der Waals surface area (Å²) in [6.45, 7) is 4.27. The first-order valence-electron chi connectivity index (χ1n) is 9.56. The zero-order valence-corrected chi connectivity index (χ0v) is 17.7. The van der Waals surface area contributed by atoms with E-state index in [9.17, 15) is 4.79 Å². The molecule has 2 aromatic rings. The van der Waals surface area contributed by atoms with Crippen molar-refractivity contribution in [2.24, 2.45) is 10.9 Å². The van der Waals surface area contributed by atoms with Gasteiger partial charge < -0.3 is 4.98 Å². The SMILES string of the molecule is C/C=C1\[C@H]2C=C(C)C[C@]1(/N=C/C=C/c1ccc(Br)cc1)c1ccc(=O)[nH]c1C2. The Balaban J connectivity index is 1.76. The van der Waals surface area contributed by atoms with Gasteiger partial charge in [0, 0.05) is 40.3 Å². The van der Waals surface area contributed by atoms with Gasteiger partial charge in [-0.1, -0.05) is 51.9 Å². The van der Waals surface area contributed by atoms with Crippen LogP contribution in [0.5, 0.6) is 0 Å². The highest BCUT2D eigenvalue weighted by molar-refractivity contribution is 9.10. The molecule has 0 amide bonds. The molecule has 0 spiro atoms. The van der Waals surface area contributed by atoms with E-state index < -0.39 is 5.54 Å². The molecule has 0 saturated carbocycles. The highest BCUT2D eigenvalue weighted by Crippen LogP contribution is 2.51. The van der Waals surface area contributed by atoms with Crippen LogP contribution in [0, 0.1) is 5.92 Å². The number of fused-ring (bicyclic) bond motifs is 4. The number of hydrogen-bond acceptors (Lipinski definition) is 2. The van der Waals surface area contributed by atoms with Crippen molar-refractivity contribution in [2.45, 2.75) is 32.2 Å². The van der Waals surface area contributed by atoms with Gasteiger partial charge in [-0.2, -0.15) is 0 Å². The fourth-order valence-electron chi connectivity index (χ4n) is 4.55. The molecule has 0 aliphatic heterocycles. The third kappa shape index (κ3) is 3.37. The zero-order chi connectivity index (χ0) is 19.7. The number of aromatic nitrogens is 1. The largest absolute Gasteiger partial charge is 0.326 e. The van der Waals surface area contributed by atoms with Crippen LogP contribution in [0.3, 0.4) is 0 Å². The lowest BCUT2D eigenvalue weighted by Crippen LogP contribution is -2.40. The molecule has 4 heteroatoms. The van der Waals surface area contributed by atoms with Crippen molar-refractivity contribution in [3.63, 3.8) is 0 Å². The second-order valence-electron chi connectivity index (χ2n) is 7.51. The summed E-state index contributed by atoms with van der Waals surface area (Å²) in [6, 6.07) is 11.8. The van der Waals surface area contributed by atoms with Crippen LogP contribution < -0.4 is 5.56 Å². The number of rotatable bonds is 3. The Hall–Kier alpha value is -2.46. The molecule has 2 aliphatic carbocycles. The predicted octanol–water partition coefficient (Wildman–Crippen LogP) is 5.59. The van der Waals surface area contributed by atoms with Crippen LogP contribution in [0.15, 0.2) is 80.0 Å². The van der Waals surface area contributed by atoms with Gasteiger partial charge in [0.05, 0.1) is 0 Å². The van der Waals surface area contributed by atoms with Gasteiger partial charge in [0.2, 0.25) is 5.56 Å². The molecular weight excluding hydrogens is 412 g/mol. The third-order valence-electron chi connectivity index (χ3n) is 5.62. The van der Waals surface area contributed by atoms with Crippen molar-refractivity contribution < 1.29 is 0 Å². The first-order valence-corrected chi connectivity index (χ1v) is 10.4. The summed E-state index contributed by atoms with van der Waals surface area (Å²) >= 11 is 3.46. The Morgan fingerprint density at radius 1 is 1.21 bits per heavy atom. The first kappa shape index (κ1) is 18.9. The van der Waals surface area contributed by atoms with Gasteiger partial charge in [-0.25, -0.2) is 0 Å². The molecule has 0 saturated heterocycles. The Kier molecular flexibility index (Phi) is 5.07. The minimum atomic E-state index is -0.430. The quantitative estimate of drug-likeness (QED) is 0.496. The van der Waals surface area contributed by atoms with E-state index in [0.29, 0.717) is 0 Å². The topological polar surface area (TPSA) is 45.2 Å². The van der Waals surface area contributed by atoms with Crippen LogP contribution in [0.25, 0.3) is 6.08 Å². The second kappa shape index (κ2) is 7.51. The Morgan fingerprint density at radius 3 is 2.75 bits per heavy atom. The minimum absolute atomic E-state index is 0.0456. The number of pyridine rings is 1. The summed E-state index contributed by atoms with van der Waals surface area (Å²) < 4.78 is 1.07. The molecule has 28 heavy (non-hydrogen) atoms. The molecule has 1 aromatic heterocycles. The van der Waals surface area contributed by atoms with Crippen LogP contribution in [0.1, 0.15) is 37.1 Å². The summed E-state index contributed by atoms with van der Waals surface area (Å²) in [5.41, 5.74) is 5.46. The van der Waals surface area contributed by atoms with Gasteiger partial charge in [-0.05, 0) is 55.7 Å². The maximum atomic E-state index is 11.9. The zero-order valence-electron chi connectivity index (χ0n) is 16.1. The van der Waals surface area contributed by atoms with Gasteiger partial charge in [0.25, 0.3) is 0 Å². The minimum Gasteiger partial charge on any atom is -0.326 e. The third-order valence-corrected chi connectivity index (χ3v) is 6.15. The number of hydrogen-bond donors (Lipinski definition) is 1. The average Bonchev–Trinajstić information content (AvgIpc) is 2.66. The van der Waals surface area contributed by atoms with E-state index in [2.05, 4.69) is 65.1 Å². The van der Waals surface area contributed by atoms with Gasteiger partial charge in [-0.3, -0.25) is 9.79 Å². The Labute approximate surface area is 173 Å². The van der Waals surface area contributed by atoms with E-state index in [1.807, 2.05) is 30.5 Å². The number of benzene rings is 1. The van der Waals surface area contributed by atoms with Gasteiger partial charge >= 0.3 is 0 Å². The van der Waals surface area contributed by atoms with Crippen molar-refractivity contribution in [3.05, 3.63) is 97.4 Å². The number of aliphatic imine (C=N–C) groups is 1. The molecular formula is C24H23BrN2O. The van der Waals surface area contributed by atoms with E-state index in [4.69, 9.17) is 4.99 Å². The van der Waals surface area contributed by atoms with Crippen molar-refractivity contribution in [3.8, 4) is 0 Å². The molecule has 2 bridgehead atoms. The number of halogens is 1. The van der Waals surface area contributed by atoms with Crippen molar-refractivity contribution in [1.82, 2.24) is 4.98 Å². The first-order chi connectivity index (χ1) is 13.5. The Bertz CT molecular complexity index is 1070.